The number of nitro groups is 1. The lowest BCUT2D eigenvalue weighted by atomic mass is 10.1. The Morgan fingerprint density at radius 2 is 1.84 bits per heavy atom. The highest BCUT2D eigenvalue weighted by atomic mass is 79.9. The van der Waals surface area contributed by atoms with Gasteiger partial charge in [0.1, 0.15) is 18.0 Å². The van der Waals surface area contributed by atoms with E-state index in [9.17, 15) is 28.1 Å². The highest BCUT2D eigenvalue weighted by Crippen LogP contribution is 2.34. The highest BCUT2D eigenvalue weighted by molar-refractivity contribution is 9.10. The van der Waals surface area contributed by atoms with E-state index in [1.165, 1.54) is 54.6 Å². The Hall–Kier alpha value is -3.11. The fraction of sp³-hybridized carbons (Fsp3) is 0.0952. The van der Waals surface area contributed by atoms with E-state index in [-0.39, 0.29) is 33.3 Å². The monoisotopic (exact) mass is 528 g/mol. The zero-order chi connectivity index (χ0) is 23.5. The van der Waals surface area contributed by atoms with Gasteiger partial charge in [0.2, 0.25) is 0 Å². The van der Waals surface area contributed by atoms with Gasteiger partial charge in [-0.2, -0.15) is 13.2 Å². The number of nitro benzene ring substituents is 1. The van der Waals surface area contributed by atoms with Crippen molar-refractivity contribution in [1.29, 1.82) is 0 Å². The van der Waals surface area contributed by atoms with Crippen molar-refractivity contribution in [2.75, 3.05) is 5.32 Å². The van der Waals surface area contributed by atoms with Gasteiger partial charge >= 0.3 is 6.18 Å². The number of carbonyl (C=O) groups is 1. The molecule has 0 spiro atoms. The summed E-state index contributed by atoms with van der Waals surface area (Å²) in [7, 11) is 0. The summed E-state index contributed by atoms with van der Waals surface area (Å²) in [5.74, 6) is -0.700. The number of nitrogens with one attached hydrogen (secondary N) is 1. The number of hydrogen-bond acceptors (Lipinski definition) is 4. The smallest absolute Gasteiger partial charge is 0.416 e. The Kier molecular flexibility index (Phi) is 7.05. The molecule has 0 aliphatic rings. The molecule has 0 fully saturated rings. The molecule has 3 aromatic rings. The molecular weight excluding hydrogens is 517 g/mol. The molecule has 0 aliphatic heterocycles. The molecule has 0 aromatic heterocycles. The Balaban J connectivity index is 1.81. The minimum Gasteiger partial charge on any atom is -0.487 e. The second-order valence-electron chi connectivity index (χ2n) is 6.46. The van der Waals surface area contributed by atoms with Crippen molar-refractivity contribution in [3.8, 4) is 5.75 Å². The SMILES string of the molecule is O=C(Nc1ccc(Br)cc1[N+](=O)[O-])c1ccc(Cl)c(OCc2ccccc2C(F)(F)F)c1. The van der Waals surface area contributed by atoms with Crippen LogP contribution in [0.4, 0.5) is 24.5 Å². The van der Waals surface area contributed by atoms with Gasteiger partial charge in [0.05, 0.1) is 15.5 Å². The van der Waals surface area contributed by atoms with Crippen LogP contribution in [0.2, 0.25) is 5.02 Å². The first-order valence-electron chi connectivity index (χ1n) is 8.89. The van der Waals surface area contributed by atoms with Crippen molar-refractivity contribution in [1.82, 2.24) is 0 Å². The molecule has 3 rings (SSSR count). The zero-order valence-corrected chi connectivity index (χ0v) is 18.3. The van der Waals surface area contributed by atoms with Gasteiger partial charge in [0, 0.05) is 21.7 Å². The summed E-state index contributed by atoms with van der Waals surface area (Å²) in [6.07, 6.45) is -4.55. The standard InChI is InChI=1S/C21H13BrClF3N2O4/c22-14-6-8-17(18(10-14)28(30)31)27-20(29)12-5-7-16(23)19(9-12)32-11-13-3-1-2-4-15(13)21(24,25)26/h1-10H,11H2,(H,27,29). The van der Waals surface area contributed by atoms with Crippen molar-refractivity contribution in [2.45, 2.75) is 12.8 Å². The molecule has 0 saturated carbocycles. The summed E-state index contributed by atoms with van der Waals surface area (Å²) in [5.41, 5.74) is -1.24. The predicted octanol–water partition coefficient (Wildman–Crippen LogP) is 6.86. The van der Waals surface area contributed by atoms with Crippen LogP contribution < -0.4 is 10.1 Å². The maximum absolute atomic E-state index is 13.2. The molecule has 3 aromatic carbocycles. The number of halogens is 5. The third kappa shape index (κ3) is 5.57. The van der Waals surface area contributed by atoms with Gasteiger partial charge in [0.25, 0.3) is 11.6 Å². The second kappa shape index (κ2) is 9.58. The lowest BCUT2D eigenvalue weighted by molar-refractivity contribution is -0.384. The Bertz CT molecular complexity index is 1190. The van der Waals surface area contributed by atoms with Gasteiger partial charge in [-0.25, -0.2) is 0 Å². The van der Waals surface area contributed by atoms with E-state index in [0.717, 1.165) is 6.07 Å². The summed E-state index contributed by atoms with van der Waals surface area (Å²) >= 11 is 9.20. The van der Waals surface area contributed by atoms with Crippen LogP contribution in [0.25, 0.3) is 0 Å². The van der Waals surface area contributed by atoms with Crippen LogP contribution in [0.5, 0.6) is 5.75 Å². The molecule has 0 aliphatic carbocycles. The van der Waals surface area contributed by atoms with E-state index < -0.39 is 29.2 Å². The van der Waals surface area contributed by atoms with Crippen LogP contribution in [0, 0.1) is 10.1 Å². The summed E-state index contributed by atoms with van der Waals surface area (Å²) in [6, 6.07) is 13.0. The van der Waals surface area contributed by atoms with Crippen molar-refractivity contribution < 1.29 is 27.6 Å². The molecule has 0 radical (unpaired) electrons. The number of alkyl halides is 3. The molecule has 0 bridgehead atoms. The van der Waals surface area contributed by atoms with Crippen LogP contribution in [0.1, 0.15) is 21.5 Å². The topological polar surface area (TPSA) is 81.5 Å². The minimum absolute atomic E-state index is 0.0124. The number of amides is 1. The van der Waals surface area contributed by atoms with E-state index in [0.29, 0.717) is 4.47 Å². The number of carbonyl (C=O) groups excluding carboxylic acids is 1. The number of anilines is 1. The summed E-state index contributed by atoms with van der Waals surface area (Å²) < 4.78 is 45.4. The van der Waals surface area contributed by atoms with Crippen LogP contribution in [0.3, 0.4) is 0 Å². The van der Waals surface area contributed by atoms with Gasteiger partial charge in [-0.1, -0.05) is 45.7 Å². The molecule has 0 saturated heterocycles. The molecule has 11 heteroatoms. The van der Waals surface area contributed by atoms with Crippen LogP contribution >= 0.6 is 27.5 Å². The molecule has 1 amide bonds. The third-order valence-electron chi connectivity index (χ3n) is 4.30. The Labute approximate surface area is 193 Å². The summed E-state index contributed by atoms with van der Waals surface area (Å²) in [4.78, 5) is 23.2. The molecule has 0 unspecified atom stereocenters. The van der Waals surface area contributed by atoms with Gasteiger partial charge in [-0.3, -0.25) is 14.9 Å². The molecule has 1 N–H and O–H groups in total. The number of benzene rings is 3. The normalized spacial score (nSPS) is 11.2. The lowest BCUT2D eigenvalue weighted by Gasteiger charge is -2.14. The first kappa shape index (κ1) is 23.6. The molecule has 0 heterocycles. The van der Waals surface area contributed by atoms with Crippen molar-refractivity contribution in [2.24, 2.45) is 0 Å². The average molecular weight is 530 g/mol. The number of hydrogen-bond donors (Lipinski definition) is 1. The van der Waals surface area contributed by atoms with Crippen molar-refractivity contribution >= 4 is 44.8 Å². The molecule has 6 nitrogen and oxygen atoms in total. The highest BCUT2D eigenvalue weighted by Gasteiger charge is 2.33. The van der Waals surface area contributed by atoms with Gasteiger partial charge in [-0.15, -0.1) is 0 Å². The van der Waals surface area contributed by atoms with E-state index in [1.54, 1.807) is 0 Å². The quantitative estimate of drug-likeness (QED) is 0.279. The minimum atomic E-state index is -4.55. The maximum Gasteiger partial charge on any atom is 0.416 e. The van der Waals surface area contributed by atoms with Crippen LogP contribution in [-0.2, 0) is 12.8 Å². The first-order chi connectivity index (χ1) is 15.1. The Morgan fingerprint density at radius 1 is 1.12 bits per heavy atom. The van der Waals surface area contributed by atoms with Gasteiger partial charge < -0.3 is 10.1 Å². The van der Waals surface area contributed by atoms with E-state index in [4.69, 9.17) is 16.3 Å². The number of rotatable bonds is 6. The van der Waals surface area contributed by atoms with Crippen LogP contribution in [0.15, 0.2) is 65.1 Å². The molecular formula is C21H13BrClF3N2O4. The van der Waals surface area contributed by atoms with Crippen molar-refractivity contribution in [3.63, 3.8) is 0 Å². The molecule has 166 valence electrons. The van der Waals surface area contributed by atoms with Gasteiger partial charge in [-0.05, 0) is 36.4 Å². The Morgan fingerprint density at radius 3 is 2.53 bits per heavy atom. The molecule has 0 atom stereocenters. The summed E-state index contributed by atoms with van der Waals surface area (Å²) in [5, 5.41) is 13.7. The third-order valence-corrected chi connectivity index (χ3v) is 5.11. The fourth-order valence-corrected chi connectivity index (χ4v) is 3.31. The fourth-order valence-electron chi connectivity index (χ4n) is 2.79. The van der Waals surface area contributed by atoms with E-state index in [1.807, 2.05) is 0 Å². The zero-order valence-electron chi connectivity index (χ0n) is 16.0. The predicted molar refractivity (Wildman–Crippen MR) is 116 cm³/mol. The number of nitrogens with zero attached hydrogens (tertiary/aromatic N) is 1. The largest absolute Gasteiger partial charge is 0.487 e. The van der Waals surface area contributed by atoms with Crippen molar-refractivity contribution in [3.05, 3.63) is 97.0 Å². The number of ether oxygens (including phenoxy) is 1. The first-order valence-corrected chi connectivity index (χ1v) is 10.1. The van der Waals surface area contributed by atoms with Gasteiger partial charge in [0.15, 0.2) is 0 Å². The van der Waals surface area contributed by atoms with E-state index in [2.05, 4.69) is 21.2 Å². The average Bonchev–Trinajstić information content (AvgIpc) is 2.73. The maximum atomic E-state index is 13.2. The summed E-state index contributed by atoms with van der Waals surface area (Å²) in [6.45, 7) is -0.432. The lowest BCUT2D eigenvalue weighted by Crippen LogP contribution is -2.14. The second-order valence-corrected chi connectivity index (χ2v) is 7.78. The van der Waals surface area contributed by atoms with E-state index >= 15 is 0 Å². The molecule has 32 heavy (non-hydrogen) atoms. The van der Waals surface area contributed by atoms with Crippen LogP contribution in [-0.4, -0.2) is 10.8 Å².